The summed E-state index contributed by atoms with van der Waals surface area (Å²) >= 11 is 5.73. The molecule has 1 aromatic rings. The molecule has 3 nitrogen and oxygen atoms in total. The van der Waals surface area contributed by atoms with Crippen LogP contribution in [0.2, 0.25) is 0 Å². The van der Waals surface area contributed by atoms with Gasteiger partial charge in [0, 0.05) is 11.9 Å². The Morgan fingerprint density at radius 2 is 1.95 bits per heavy atom. The maximum Gasteiger partial charge on any atom is 0.402 e. The van der Waals surface area contributed by atoms with Gasteiger partial charge in [-0.2, -0.15) is 17.5 Å². The van der Waals surface area contributed by atoms with E-state index in [9.17, 15) is 21.6 Å². The number of nitrogens with zero attached hydrogens (tertiary/aromatic N) is 1. The monoisotopic (exact) mass is 341 g/mol. The van der Waals surface area contributed by atoms with Gasteiger partial charge in [-0.05, 0) is 43.0 Å². The van der Waals surface area contributed by atoms with Crippen LogP contribution in [0, 0.1) is 6.92 Å². The molecule has 0 aromatic heterocycles. The lowest BCUT2D eigenvalue weighted by Crippen LogP contribution is -2.40. The maximum atomic E-state index is 12.6. The molecule has 1 aromatic carbocycles. The summed E-state index contributed by atoms with van der Waals surface area (Å²) in [5, 5.41) is 0. The molecule has 21 heavy (non-hydrogen) atoms. The Labute approximate surface area is 126 Å². The zero-order valence-electron chi connectivity index (χ0n) is 11.3. The lowest BCUT2D eigenvalue weighted by molar-refractivity contribution is -0.137. The summed E-state index contributed by atoms with van der Waals surface area (Å²) in [7, 11) is -4.17. The van der Waals surface area contributed by atoms with Crippen LogP contribution in [0.4, 0.5) is 13.2 Å². The zero-order chi connectivity index (χ0) is 15.8. The van der Waals surface area contributed by atoms with Crippen molar-refractivity contribution in [3.8, 4) is 0 Å². The van der Waals surface area contributed by atoms with Crippen molar-refractivity contribution in [1.82, 2.24) is 4.31 Å². The van der Waals surface area contributed by atoms with E-state index in [1.165, 1.54) is 12.1 Å². The molecule has 1 aliphatic rings. The van der Waals surface area contributed by atoms with Gasteiger partial charge in [0.2, 0.25) is 10.0 Å². The number of aryl methyl sites for hydroxylation is 1. The van der Waals surface area contributed by atoms with E-state index in [0.29, 0.717) is 22.7 Å². The van der Waals surface area contributed by atoms with Gasteiger partial charge in [0.15, 0.2) is 0 Å². The third kappa shape index (κ3) is 3.90. The van der Waals surface area contributed by atoms with Crippen LogP contribution in [-0.4, -0.2) is 31.5 Å². The summed E-state index contributed by atoms with van der Waals surface area (Å²) in [6.45, 7) is 0.312. The highest BCUT2D eigenvalue weighted by atomic mass is 35.5. The molecule has 8 heteroatoms. The van der Waals surface area contributed by atoms with Crippen LogP contribution in [0.3, 0.4) is 0 Å². The number of hydrogen-bond donors (Lipinski definition) is 0. The smallest absolute Gasteiger partial charge is 0.207 e. The summed E-state index contributed by atoms with van der Waals surface area (Å²) < 4.78 is 63.3. The standard InChI is InChI=1S/C13H15ClF3NO2S/c1-9-2-5-12(6-10(9)7-14)21(19,20)18(11-3-4-11)8-13(15,16)17/h2,5-6,11H,3-4,7-8H2,1H3. The van der Waals surface area contributed by atoms with Crippen molar-refractivity contribution in [2.24, 2.45) is 0 Å². The highest BCUT2D eigenvalue weighted by molar-refractivity contribution is 7.89. The zero-order valence-corrected chi connectivity index (χ0v) is 12.9. The molecule has 0 heterocycles. The molecular weight excluding hydrogens is 327 g/mol. The first-order valence-corrected chi connectivity index (χ1v) is 8.36. The summed E-state index contributed by atoms with van der Waals surface area (Å²) in [5.41, 5.74) is 1.40. The first kappa shape index (κ1) is 16.6. The summed E-state index contributed by atoms with van der Waals surface area (Å²) in [5.74, 6) is 0.109. The highest BCUT2D eigenvalue weighted by Crippen LogP contribution is 2.35. The Hall–Kier alpha value is -0.790. The molecule has 0 saturated heterocycles. The molecule has 1 aliphatic carbocycles. The second kappa shape index (κ2) is 5.78. The van der Waals surface area contributed by atoms with Gasteiger partial charge >= 0.3 is 6.18 Å². The molecule has 1 saturated carbocycles. The fourth-order valence-electron chi connectivity index (χ4n) is 2.04. The van der Waals surface area contributed by atoms with E-state index in [-0.39, 0.29) is 10.8 Å². The van der Waals surface area contributed by atoms with Gasteiger partial charge in [-0.15, -0.1) is 11.6 Å². The second-order valence-electron chi connectivity index (χ2n) is 5.12. The highest BCUT2D eigenvalue weighted by Gasteiger charge is 2.44. The second-order valence-corrected chi connectivity index (χ2v) is 7.28. The molecule has 0 N–H and O–H groups in total. The van der Waals surface area contributed by atoms with E-state index in [0.717, 1.165) is 5.56 Å². The number of alkyl halides is 4. The van der Waals surface area contributed by atoms with Crippen LogP contribution in [0.15, 0.2) is 23.1 Å². The molecule has 0 unspecified atom stereocenters. The quantitative estimate of drug-likeness (QED) is 0.769. The Kier molecular flexibility index (Phi) is 4.56. The molecule has 1 fully saturated rings. The molecule has 0 amide bonds. The minimum Gasteiger partial charge on any atom is -0.207 e. The van der Waals surface area contributed by atoms with Gasteiger partial charge in [0.25, 0.3) is 0 Å². The van der Waals surface area contributed by atoms with E-state index in [2.05, 4.69) is 0 Å². The lowest BCUT2D eigenvalue weighted by atomic mass is 10.1. The predicted molar refractivity (Wildman–Crippen MR) is 73.7 cm³/mol. The molecule has 2 rings (SSSR count). The normalized spacial score (nSPS) is 16.5. The van der Waals surface area contributed by atoms with E-state index in [1.54, 1.807) is 13.0 Å². The predicted octanol–water partition coefficient (Wildman–Crippen LogP) is 3.45. The van der Waals surface area contributed by atoms with Crippen molar-refractivity contribution in [3.05, 3.63) is 29.3 Å². The fourth-order valence-corrected chi connectivity index (χ4v) is 4.05. The molecule has 118 valence electrons. The molecular formula is C13H15ClF3NO2S. The average Bonchev–Trinajstić information content (AvgIpc) is 3.19. The Balaban J connectivity index is 2.39. The Morgan fingerprint density at radius 1 is 1.33 bits per heavy atom. The van der Waals surface area contributed by atoms with Crippen LogP contribution >= 0.6 is 11.6 Å². The summed E-state index contributed by atoms with van der Waals surface area (Å²) in [6.07, 6.45) is -3.64. The van der Waals surface area contributed by atoms with Crippen molar-refractivity contribution < 1.29 is 21.6 Å². The van der Waals surface area contributed by atoms with Crippen molar-refractivity contribution in [2.75, 3.05) is 6.54 Å². The average molecular weight is 342 g/mol. The Morgan fingerprint density at radius 3 is 2.43 bits per heavy atom. The van der Waals surface area contributed by atoms with Gasteiger partial charge in [0.05, 0.1) is 4.90 Å². The van der Waals surface area contributed by atoms with Crippen LogP contribution in [0.25, 0.3) is 0 Å². The topological polar surface area (TPSA) is 37.4 Å². The van der Waals surface area contributed by atoms with E-state index >= 15 is 0 Å². The third-order valence-corrected chi connectivity index (χ3v) is 5.54. The molecule has 0 aliphatic heterocycles. The molecule has 0 radical (unpaired) electrons. The number of halogens is 4. The van der Waals surface area contributed by atoms with Gasteiger partial charge in [-0.1, -0.05) is 6.07 Å². The summed E-state index contributed by atoms with van der Waals surface area (Å²) in [6, 6.07) is 3.68. The lowest BCUT2D eigenvalue weighted by Gasteiger charge is -2.23. The molecule has 0 atom stereocenters. The number of hydrogen-bond acceptors (Lipinski definition) is 2. The molecule has 0 bridgehead atoms. The molecule has 0 spiro atoms. The largest absolute Gasteiger partial charge is 0.402 e. The first-order valence-electron chi connectivity index (χ1n) is 6.39. The van der Waals surface area contributed by atoms with E-state index in [4.69, 9.17) is 11.6 Å². The van der Waals surface area contributed by atoms with Gasteiger partial charge in [-0.25, -0.2) is 8.42 Å². The minimum absolute atomic E-state index is 0.109. The van der Waals surface area contributed by atoms with Crippen molar-refractivity contribution in [3.63, 3.8) is 0 Å². The van der Waals surface area contributed by atoms with Gasteiger partial charge < -0.3 is 0 Å². The van der Waals surface area contributed by atoms with Crippen molar-refractivity contribution >= 4 is 21.6 Å². The van der Waals surface area contributed by atoms with Crippen LogP contribution in [0.5, 0.6) is 0 Å². The number of benzene rings is 1. The van der Waals surface area contributed by atoms with E-state index in [1.807, 2.05) is 0 Å². The number of sulfonamides is 1. The van der Waals surface area contributed by atoms with Crippen molar-refractivity contribution in [1.29, 1.82) is 0 Å². The van der Waals surface area contributed by atoms with Crippen molar-refractivity contribution in [2.45, 2.75) is 42.8 Å². The minimum atomic E-state index is -4.56. The third-order valence-electron chi connectivity index (χ3n) is 3.36. The first-order chi connectivity index (χ1) is 9.65. The van der Waals surface area contributed by atoms with Crippen LogP contribution in [-0.2, 0) is 15.9 Å². The number of rotatable bonds is 5. The van der Waals surface area contributed by atoms with Crippen LogP contribution < -0.4 is 0 Å². The van der Waals surface area contributed by atoms with Gasteiger partial charge in [-0.3, -0.25) is 0 Å². The SMILES string of the molecule is Cc1ccc(S(=O)(=O)N(CC(F)(F)F)C2CC2)cc1CCl. The fraction of sp³-hybridized carbons (Fsp3) is 0.538. The summed E-state index contributed by atoms with van der Waals surface area (Å²) in [4.78, 5) is -0.139. The van der Waals surface area contributed by atoms with E-state index < -0.39 is 28.8 Å². The Bertz CT molecular complexity index is 627. The van der Waals surface area contributed by atoms with Crippen LogP contribution in [0.1, 0.15) is 24.0 Å². The van der Waals surface area contributed by atoms with Gasteiger partial charge in [0.1, 0.15) is 6.54 Å². The maximum absolute atomic E-state index is 12.6.